The lowest BCUT2D eigenvalue weighted by molar-refractivity contribution is 0.100. The van der Waals surface area contributed by atoms with Crippen molar-refractivity contribution >= 4 is 17.4 Å². The highest BCUT2D eigenvalue weighted by molar-refractivity contribution is 5.98. The van der Waals surface area contributed by atoms with Crippen LogP contribution in [0.1, 0.15) is 30.1 Å². The standard InChI is InChI=1S/C11H16N4O/c1-6-2-8(3-6)15-11-9(10(13)16)4-7(12)5-14-11/h4-6,8H,2-3,12H2,1H3,(H2,13,16)(H,14,15). The number of aromatic nitrogens is 1. The fourth-order valence-electron chi connectivity index (χ4n) is 2.00. The number of nitrogens with two attached hydrogens (primary N) is 2. The summed E-state index contributed by atoms with van der Waals surface area (Å²) in [6.07, 6.45) is 3.73. The molecular formula is C11H16N4O. The molecule has 1 aliphatic carbocycles. The molecule has 0 spiro atoms. The number of carbonyl (C=O) groups is 1. The molecule has 0 bridgehead atoms. The molecule has 16 heavy (non-hydrogen) atoms. The van der Waals surface area contributed by atoms with Gasteiger partial charge in [0.2, 0.25) is 0 Å². The number of nitrogens with zero attached hydrogens (tertiary/aromatic N) is 1. The van der Waals surface area contributed by atoms with Gasteiger partial charge >= 0.3 is 0 Å². The average molecular weight is 220 g/mol. The van der Waals surface area contributed by atoms with Gasteiger partial charge in [0.05, 0.1) is 17.4 Å². The smallest absolute Gasteiger partial charge is 0.252 e. The van der Waals surface area contributed by atoms with Crippen molar-refractivity contribution in [3.05, 3.63) is 17.8 Å². The van der Waals surface area contributed by atoms with Crippen LogP contribution >= 0.6 is 0 Å². The van der Waals surface area contributed by atoms with Gasteiger partial charge in [-0.15, -0.1) is 0 Å². The van der Waals surface area contributed by atoms with Crippen LogP contribution in [0.25, 0.3) is 0 Å². The summed E-state index contributed by atoms with van der Waals surface area (Å²) < 4.78 is 0. The van der Waals surface area contributed by atoms with E-state index in [2.05, 4.69) is 17.2 Å². The second-order valence-electron chi connectivity index (χ2n) is 4.45. The van der Waals surface area contributed by atoms with Crippen LogP contribution in [0.4, 0.5) is 11.5 Å². The Morgan fingerprint density at radius 3 is 2.81 bits per heavy atom. The zero-order valence-electron chi connectivity index (χ0n) is 9.23. The van der Waals surface area contributed by atoms with Gasteiger partial charge in [-0.2, -0.15) is 0 Å². The normalized spacial score (nSPS) is 23.6. The predicted octanol–water partition coefficient (Wildman–Crippen LogP) is 0.973. The number of amides is 1. The topological polar surface area (TPSA) is 94.0 Å². The molecule has 0 radical (unpaired) electrons. The maximum Gasteiger partial charge on any atom is 0.252 e. The largest absolute Gasteiger partial charge is 0.397 e. The van der Waals surface area contributed by atoms with Crippen molar-refractivity contribution in [2.24, 2.45) is 11.7 Å². The molecule has 1 aliphatic rings. The maximum absolute atomic E-state index is 11.2. The van der Waals surface area contributed by atoms with Crippen molar-refractivity contribution in [3.63, 3.8) is 0 Å². The Morgan fingerprint density at radius 2 is 2.25 bits per heavy atom. The number of rotatable bonds is 3. The Balaban J connectivity index is 2.16. The van der Waals surface area contributed by atoms with Crippen molar-refractivity contribution in [1.82, 2.24) is 4.98 Å². The van der Waals surface area contributed by atoms with Gasteiger partial charge in [-0.3, -0.25) is 4.79 Å². The lowest BCUT2D eigenvalue weighted by Gasteiger charge is -2.34. The summed E-state index contributed by atoms with van der Waals surface area (Å²) in [6.45, 7) is 2.20. The van der Waals surface area contributed by atoms with Crippen LogP contribution in [0.3, 0.4) is 0 Å². The van der Waals surface area contributed by atoms with Gasteiger partial charge in [-0.05, 0) is 24.8 Å². The first-order valence-electron chi connectivity index (χ1n) is 5.38. The summed E-state index contributed by atoms with van der Waals surface area (Å²) in [4.78, 5) is 15.3. The predicted molar refractivity (Wildman–Crippen MR) is 63.0 cm³/mol. The molecule has 1 saturated carbocycles. The third-order valence-electron chi connectivity index (χ3n) is 2.89. The van der Waals surface area contributed by atoms with Gasteiger partial charge < -0.3 is 16.8 Å². The highest BCUT2D eigenvalue weighted by Crippen LogP contribution is 2.29. The molecule has 1 heterocycles. The third-order valence-corrected chi connectivity index (χ3v) is 2.89. The van der Waals surface area contributed by atoms with Crippen LogP contribution in [-0.2, 0) is 0 Å². The Hall–Kier alpha value is -1.78. The molecule has 1 aromatic rings. The van der Waals surface area contributed by atoms with Gasteiger partial charge in [-0.1, -0.05) is 6.92 Å². The Bertz CT molecular complexity index is 412. The van der Waals surface area contributed by atoms with Crippen LogP contribution in [0.5, 0.6) is 0 Å². The van der Waals surface area contributed by atoms with Crippen molar-refractivity contribution in [2.45, 2.75) is 25.8 Å². The molecule has 0 aromatic carbocycles. The first-order valence-corrected chi connectivity index (χ1v) is 5.38. The summed E-state index contributed by atoms with van der Waals surface area (Å²) in [6, 6.07) is 1.95. The lowest BCUT2D eigenvalue weighted by Crippen LogP contribution is -2.35. The Kier molecular flexibility index (Phi) is 2.68. The number of pyridine rings is 1. The average Bonchev–Trinajstić information content (AvgIpc) is 2.17. The number of carbonyl (C=O) groups excluding carboxylic acids is 1. The summed E-state index contributed by atoms with van der Waals surface area (Å²) in [5.41, 5.74) is 11.6. The van der Waals surface area contributed by atoms with Gasteiger partial charge in [-0.25, -0.2) is 4.98 Å². The molecule has 5 nitrogen and oxygen atoms in total. The summed E-state index contributed by atoms with van der Waals surface area (Å²) in [5.74, 6) is 0.775. The number of hydrogen-bond acceptors (Lipinski definition) is 4. The highest BCUT2D eigenvalue weighted by atomic mass is 16.1. The number of anilines is 2. The third kappa shape index (κ3) is 2.08. The quantitative estimate of drug-likeness (QED) is 0.707. The second-order valence-corrected chi connectivity index (χ2v) is 4.45. The van der Waals surface area contributed by atoms with E-state index in [4.69, 9.17) is 11.5 Å². The second kappa shape index (κ2) is 4.00. The molecule has 1 aromatic heterocycles. The van der Waals surface area contributed by atoms with E-state index in [1.54, 1.807) is 6.07 Å². The Labute approximate surface area is 94.2 Å². The van der Waals surface area contributed by atoms with Crippen LogP contribution in [0, 0.1) is 5.92 Å². The van der Waals surface area contributed by atoms with Crippen LogP contribution < -0.4 is 16.8 Å². The molecule has 0 unspecified atom stereocenters. The molecule has 5 N–H and O–H groups in total. The molecular weight excluding hydrogens is 204 g/mol. The Morgan fingerprint density at radius 1 is 1.56 bits per heavy atom. The van der Waals surface area contributed by atoms with E-state index >= 15 is 0 Å². The van der Waals surface area contributed by atoms with Crippen molar-refractivity contribution in [3.8, 4) is 0 Å². The minimum atomic E-state index is -0.505. The SMILES string of the molecule is CC1CC(Nc2ncc(N)cc2C(N)=O)C1. The number of hydrogen-bond donors (Lipinski definition) is 3. The number of nitrogens with one attached hydrogen (secondary N) is 1. The minimum absolute atomic E-state index is 0.361. The molecule has 0 saturated heterocycles. The lowest BCUT2D eigenvalue weighted by atomic mass is 9.82. The highest BCUT2D eigenvalue weighted by Gasteiger charge is 2.26. The molecule has 5 heteroatoms. The maximum atomic E-state index is 11.2. The molecule has 2 rings (SSSR count). The fourth-order valence-corrected chi connectivity index (χ4v) is 2.00. The van der Waals surface area contributed by atoms with Gasteiger partial charge in [0.15, 0.2) is 0 Å². The van der Waals surface area contributed by atoms with Crippen molar-refractivity contribution in [2.75, 3.05) is 11.1 Å². The van der Waals surface area contributed by atoms with E-state index in [9.17, 15) is 4.79 Å². The van der Waals surface area contributed by atoms with Crippen LogP contribution in [0.15, 0.2) is 12.3 Å². The zero-order chi connectivity index (χ0) is 11.7. The number of nitrogen functional groups attached to an aromatic ring is 1. The van der Waals surface area contributed by atoms with Crippen molar-refractivity contribution < 1.29 is 4.79 Å². The zero-order valence-corrected chi connectivity index (χ0v) is 9.23. The van der Waals surface area contributed by atoms with Crippen molar-refractivity contribution in [1.29, 1.82) is 0 Å². The van der Waals surface area contributed by atoms with Crippen LogP contribution in [0.2, 0.25) is 0 Å². The van der Waals surface area contributed by atoms with E-state index in [0.717, 1.165) is 18.8 Å². The first kappa shape index (κ1) is 10.7. The van der Waals surface area contributed by atoms with Gasteiger partial charge in [0.1, 0.15) is 5.82 Å². The summed E-state index contributed by atoms with van der Waals surface area (Å²) >= 11 is 0. The van der Waals surface area contributed by atoms with E-state index in [0.29, 0.717) is 23.1 Å². The monoisotopic (exact) mass is 220 g/mol. The van der Waals surface area contributed by atoms with Gasteiger partial charge in [0.25, 0.3) is 5.91 Å². The van der Waals surface area contributed by atoms with E-state index in [1.807, 2.05) is 0 Å². The molecule has 0 aliphatic heterocycles. The van der Waals surface area contributed by atoms with E-state index in [-0.39, 0.29) is 0 Å². The van der Waals surface area contributed by atoms with Crippen LogP contribution in [-0.4, -0.2) is 16.9 Å². The fraction of sp³-hybridized carbons (Fsp3) is 0.455. The summed E-state index contributed by atoms with van der Waals surface area (Å²) in [5, 5.41) is 3.22. The first-order chi connectivity index (χ1) is 7.56. The number of primary amides is 1. The molecule has 1 amide bonds. The summed E-state index contributed by atoms with van der Waals surface area (Å²) in [7, 11) is 0. The van der Waals surface area contributed by atoms with Gasteiger partial charge in [0, 0.05) is 6.04 Å². The minimum Gasteiger partial charge on any atom is -0.397 e. The van der Waals surface area contributed by atoms with E-state index in [1.165, 1.54) is 6.20 Å². The molecule has 1 fully saturated rings. The van der Waals surface area contributed by atoms with E-state index < -0.39 is 5.91 Å². The molecule has 0 atom stereocenters. The molecule has 86 valence electrons.